The summed E-state index contributed by atoms with van der Waals surface area (Å²) in [6.45, 7) is 3.59. The molecule has 0 bridgehead atoms. The first-order valence-electron chi connectivity index (χ1n) is 9.14. The van der Waals surface area contributed by atoms with E-state index in [1.54, 1.807) is 13.8 Å². The van der Waals surface area contributed by atoms with Crippen molar-refractivity contribution in [2.24, 2.45) is 5.92 Å². The van der Waals surface area contributed by atoms with Gasteiger partial charge >= 0.3 is 5.69 Å². The quantitative estimate of drug-likeness (QED) is 0.545. The fraction of sp³-hybridized carbons (Fsp3) is 0.238. The average Bonchev–Trinajstić information content (AvgIpc) is 2.93. The minimum Gasteiger partial charge on any atom is -0.503 e. The van der Waals surface area contributed by atoms with Crippen LogP contribution < -0.4 is 4.90 Å². The van der Waals surface area contributed by atoms with Gasteiger partial charge in [-0.2, -0.15) is 0 Å². The van der Waals surface area contributed by atoms with Crippen LogP contribution in [0.25, 0.3) is 0 Å². The Morgan fingerprint density at radius 2 is 1.83 bits per heavy atom. The van der Waals surface area contributed by atoms with E-state index in [2.05, 4.69) is 0 Å². The van der Waals surface area contributed by atoms with Crippen LogP contribution >= 0.6 is 0 Å². The Kier molecular flexibility index (Phi) is 5.55. The van der Waals surface area contributed by atoms with Crippen LogP contribution in [0.2, 0.25) is 0 Å². The number of halogens is 1. The van der Waals surface area contributed by atoms with E-state index < -0.39 is 45.7 Å². The van der Waals surface area contributed by atoms with Gasteiger partial charge in [-0.15, -0.1) is 0 Å². The highest BCUT2D eigenvalue weighted by molar-refractivity contribution is 6.16. The molecule has 1 aliphatic heterocycles. The van der Waals surface area contributed by atoms with Crippen LogP contribution in [-0.4, -0.2) is 26.8 Å². The normalized spacial score (nSPS) is 16.5. The molecule has 9 heteroatoms. The van der Waals surface area contributed by atoms with Gasteiger partial charge in [0, 0.05) is 18.2 Å². The molecule has 0 saturated heterocycles. The molecule has 3 rings (SSSR count). The van der Waals surface area contributed by atoms with Crippen LogP contribution in [0.15, 0.2) is 53.8 Å². The third kappa shape index (κ3) is 3.73. The molecule has 1 atom stereocenters. The topological polar surface area (TPSA) is 121 Å². The van der Waals surface area contributed by atoms with Gasteiger partial charge in [-0.1, -0.05) is 19.9 Å². The number of ketones is 1. The smallest absolute Gasteiger partial charge is 0.311 e. The summed E-state index contributed by atoms with van der Waals surface area (Å²) in [5.41, 5.74) is -0.464. The van der Waals surface area contributed by atoms with E-state index >= 15 is 0 Å². The summed E-state index contributed by atoms with van der Waals surface area (Å²) >= 11 is 0. The first-order valence-corrected chi connectivity index (χ1v) is 9.14. The minimum absolute atomic E-state index is 0.0423. The van der Waals surface area contributed by atoms with Crippen LogP contribution in [0.4, 0.5) is 15.8 Å². The molecule has 2 aromatic carbocycles. The molecule has 30 heavy (non-hydrogen) atoms. The molecule has 1 aliphatic rings. The summed E-state index contributed by atoms with van der Waals surface area (Å²) < 4.78 is 13.4. The van der Waals surface area contributed by atoms with Crippen LogP contribution in [-0.2, 0) is 9.59 Å². The zero-order valence-electron chi connectivity index (χ0n) is 16.2. The third-order valence-electron chi connectivity index (χ3n) is 4.72. The third-order valence-corrected chi connectivity index (χ3v) is 4.72. The van der Waals surface area contributed by atoms with Gasteiger partial charge in [0.05, 0.1) is 16.5 Å². The number of nitro benzene ring substituents is 1. The Morgan fingerprint density at radius 3 is 2.40 bits per heavy atom. The predicted octanol–water partition coefficient (Wildman–Crippen LogP) is 3.95. The number of aliphatic hydroxyl groups is 1. The monoisotopic (exact) mass is 414 g/mol. The number of anilines is 1. The van der Waals surface area contributed by atoms with E-state index in [-0.39, 0.29) is 29.2 Å². The van der Waals surface area contributed by atoms with E-state index in [0.29, 0.717) is 0 Å². The minimum atomic E-state index is -1.17. The lowest BCUT2D eigenvalue weighted by Crippen LogP contribution is -2.31. The van der Waals surface area contributed by atoms with Gasteiger partial charge < -0.3 is 10.2 Å². The number of rotatable bonds is 6. The van der Waals surface area contributed by atoms with Crippen molar-refractivity contribution in [2.75, 3.05) is 4.90 Å². The summed E-state index contributed by atoms with van der Waals surface area (Å²) in [4.78, 5) is 37.3. The summed E-state index contributed by atoms with van der Waals surface area (Å²) in [7, 11) is 0. The maximum absolute atomic E-state index is 13.4. The first-order chi connectivity index (χ1) is 14.1. The Bertz CT molecular complexity index is 1060. The zero-order chi connectivity index (χ0) is 22.2. The molecule has 1 amide bonds. The largest absolute Gasteiger partial charge is 0.503 e. The highest BCUT2D eigenvalue weighted by Crippen LogP contribution is 2.43. The molecule has 8 nitrogen and oxygen atoms in total. The summed E-state index contributed by atoms with van der Waals surface area (Å²) in [6, 6.07) is 7.13. The van der Waals surface area contributed by atoms with Crippen LogP contribution in [0.1, 0.15) is 31.9 Å². The van der Waals surface area contributed by atoms with Crippen LogP contribution in [0.3, 0.4) is 0 Å². The summed E-state index contributed by atoms with van der Waals surface area (Å²) in [5.74, 6) is -3.32. The number of carbonyl (C=O) groups excluding carboxylic acids is 2. The highest BCUT2D eigenvalue weighted by atomic mass is 19.1. The average molecular weight is 414 g/mol. The summed E-state index contributed by atoms with van der Waals surface area (Å²) in [6.07, 6.45) is 0.0423. The van der Waals surface area contributed by atoms with E-state index in [9.17, 15) is 34.3 Å². The second kappa shape index (κ2) is 7.94. The number of Topliss-reactive ketones (excluding diaryl/α,β-unsaturated/α-hetero) is 1. The molecular weight excluding hydrogens is 395 g/mol. The summed E-state index contributed by atoms with van der Waals surface area (Å²) in [5, 5.41) is 31.5. The fourth-order valence-corrected chi connectivity index (χ4v) is 3.41. The molecule has 0 saturated carbocycles. The number of phenolic OH excluding ortho intramolecular Hbond substituents is 1. The van der Waals surface area contributed by atoms with Crippen molar-refractivity contribution < 1.29 is 29.1 Å². The van der Waals surface area contributed by atoms with E-state index in [4.69, 9.17) is 0 Å². The standard InChI is InChI=1S/C21H19FN2O6/c1-11(2)9-17(26)18-19(12-3-8-16(25)15(10-12)24(29)30)23(21(28)20(18)27)14-6-4-13(22)5-7-14/h3-8,10-11,19,25,27H,9H2,1-2H3. The molecule has 156 valence electrons. The number of carbonyl (C=O) groups is 2. The number of nitrogens with zero attached hydrogens (tertiary/aromatic N) is 2. The van der Waals surface area contributed by atoms with Crippen molar-refractivity contribution in [1.29, 1.82) is 0 Å². The van der Waals surface area contributed by atoms with Crippen molar-refractivity contribution in [3.8, 4) is 5.75 Å². The lowest BCUT2D eigenvalue weighted by molar-refractivity contribution is -0.385. The molecular formula is C21H19FN2O6. The van der Waals surface area contributed by atoms with Gasteiger partial charge in [0.1, 0.15) is 5.82 Å². The lowest BCUT2D eigenvalue weighted by Gasteiger charge is -2.27. The van der Waals surface area contributed by atoms with E-state index in [1.807, 2.05) is 0 Å². The van der Waals surface area contributed by atoms with E-state index in [0.717, 1.165) is 29.2 Å². The van der Waals surface area contributed by atoms with Crippen molar-refractivity contribution in [3.63, 3.8) is 0 Å². The molecule has 0 aliphatic carbocycles. The fourth-order valence-electron chi connectivity index (χ4n) is 3.41. The van der Waals surface area contributed by atoms with Crippen molar-refractivity contribution in [2.45, 2.75) is 26.3 Å². The molecule has 1 heterocycles. The van der Waals surface area contributed by atoms with Crippen LogP contribution in [0, 0.1) is 21.8 Å². The number of hydrogen-bond donors (Lipinski definition) is 2. The molecule has 0 fully saturated rings. The second-order valence-corrected chi connectivity index (χ2v) is 7.34. The van der Waals surface area contributed by atoms with Crippen LogP contribution in [0.5, 0.6) is 5.75 Å². The zero-order valence-corrected chi connectivity index (χ0v) is 16.2. The lowest BCUT2D eigenvalue weighted by atomic mass is 9.91. The first kappa shape index (κ1) is 21.0. The Morgan fingerprint density at radius 1 is 1.20 bits per heavy atom. The van der Waals surface area contributed by atoms with Crippen molar-refractivity contribution >= 4 is 23.1 Å². The number of phenols is 1. The molecule has 2 aromatic rings. The maximum atomic E-state index is 13.4. The Hall–Kier alpha value is -3.75. The highest BCUT2D eigenvalue weighted by Gasteiger charge is 2.44. The van der Waals surface area contributed by atoms with Gasteiger partial charge in [0.2, 0.25) is 0 Å². The number of hydrogen-bond acceptors (Lipinski definition) is 6. The van der Waals surface area contributed by atoms with Crippen molar-refractivity contribution in [3.05, 3.63) is 75.3 Å². The van der Waals surface area contributed by atoms with Gasteiger partial charge in [0.15, 0.2) is 17.3 Å². The predicted molar refractivity (Wildman–Crippen MR) is 106 cm³/mol. The second-order valence-electron chi connectivity index (χ2n) is 7.34. The molecule has 2 N–H and O–H groups in total. The number of aliphatic hydroxyl groups excluding tert-OH is 1. The van der Waals surface area contributed by atoms with Gasteiger partial charge in [-0.25, -0.2) is 4.39 Å². The number of amides is 1. The molecule has 1 unspecified atom stereocenters. The Balaban J connectivity index is 2.20. The SMILES string of the molecule is CC(C)CC(=O)C1=C(O)C(=O)N(c2ccc(F)cc2)C1c1ccc(O)c([N+](=O)[O-])c1. The number of aromatic hydroxyl groups is 1. The van der Waals surface area contributed by atoms with E-state index in [1.165, 1.54) is 18.2 Å². The maximum Gasteiger partial charge on any atom is 0.311 e. The Labute approximate surface area is 171 Å². The molecule has 0 aromatic heterocycles. The van der Waals surface area contributed by atoms with Gasteiger partial charge in [0.25, 0.3) is 5.91 Å². The number of nitro groups is 1. The molecule has 0 spiro atoms. The number of benzene rings is 2. The molecule has 0 radical (unpaired) electrons. The van der Waals surface area contributed by atoms with Gasteiger partial charge in [-0.3, -0.25) is 24.6 Å². The van der Waals surface area contributed by atoms with Gasteiger partial charge in [-0.05, 0) is 41.8 Å². The van der Waals surface area contributed by atoms with Crippen molar-refractivity contribution in [1.82, 2.24) is 0 Å².